The van der Waals surface area contributed by atoms with Gasteiger partial charge in [-0.25, -0.2) is 0 Å². The monoisotopic (exact) mass is 287 g/mol. The van der Waals surface area contributed by atoms with Gasteiger partial charge in [0.2, 0.25) is 0 Å². The molecule has 1 nitrogen and oxygen atoms in total. The normalized spacial score (nSPS) is 12.2. The van der Waals surface area contributed by atoms with E-state index in [9.17, 15) is 0 Å². The van der Waals surface area contributed by atoms with Crippen LogP contribution in [0.15, 0.2) is 60.6 Å². The Morgan fingerprint density at radius 1 is 1.00 bits per heavy atom. The van der Waals surface area contributed by atoms with Crippen molar-refractivity contribution in [1.29, 1.82) is 0 Å². The molecule has 2 aromatic rings. The molecule has 0 spiro atoms. The highest BCUT2D eigenvalue weighted by atomic mass is 14.7. The molecule has 1 heteroatoms. The lowest BCUT2D eigenvalue weighted by atomic mass is 9.95. The smallest absolute Gasteiger partial charge is 0.0667 e. The van der Waals surface area contributed by atoms with E-state index in [0.29, 0.717) is 0 Å². The molecule has 110 valence electrons. The molecule has 22 heavy (non-hydrogen) atoms. The fraction of sp³-hybridized carbons (Fsp3) is 0.190. The maximum atomic E-state index is 4.41. The van der Waals surface area contributed by atoms with Crippen LogP contribution in [0.25, 0.3) is 11.1 Å². The highest BCUT2D eigenvalue weighted by molar-refractivity contribution is 5.79. The molecule has 0 radical (unpaired) electrons. The van der Waals surface area contributed by atoms with Gasteiger partial charge < -0.3 is 0 Å². The van der Waals surface area contributed by atoms with Crippen molar-refractivity contribution in [2.45, 2.75) is 26.2 Å². The summed E-state index contributed by atoms with van der Waals surface area (Å²) in [6, 6.07) is 15.0. The maximum absolute atomic E-state index is 4.41. The molecule has 2 aromatic carbocycles. The Kier molecular flexibility index (Phi) is 4.06. The SMILES string of the molecule is C=C(CCC(=C)c1ccc2c(c1)N=CC2)c1cccc(C)c1. The van der Waals surface area contributed by atoms with Crippen LogP contribution in [0.4, 0.5) is 5.69 Å². The largest absolute Gasteiger partial charge is 0.261 e. The van der Waals surface area contributed by atoms with Crippen molar-refractivity contribution in [3.63, 3.8) is 0 Å². The number of benzene rings is 2. The van der Waals surface area contributed by atoms with E-state index in [1.54, 1.807) is 0 Å². The van der Waals surface area contributed by atoms with Crippen LogP contribution in [0.1, 0.15) is 35.1 Å². The number of hydrogen-bond acceptors (Lipinski definition) is 1. The molecule has 1 aliphatic rings. The van der Waals surface area contributed by atoms with Gasteiger partial charge in [0.05, 0.1) is 5.69 Å². The minimum Gasteiger partial charge on any atom is -0.261 e. The zero-order valence-corrected chi connectivity index (χ0v) is 13.1. The summed E-state index contributed by atoms with van der Waals surface area (Å²) in [6.45, 7) is 10.6. The number of aliphatic imine (C=N–C) groups is 1. The topological polar surface area (TPSA) is 12.4 Å². The van der Waals surface area contributed by atoms with Gasteiger partial charge in [-0.15, -0.1) is 0 Å². The minimum absolute atomic E-state index is 0.926. The van der Waals surface area contributed by atoms with E-state index in [4.69, 9.17) is 0 Å². The molecular formula is C21H21N. The molecule has 0 saturated carbocycles. The van der Waals surface area contributed by atoms with E-state index in [0.717, 1.165) is 30.5 Å². The van der Waals surface area contributed by atoms with Crippen LogP contribution in [0.3, 0.4) is 0 Å². The van der Waals surface area contributed by atoms with Gasteiger partial charge in [-0.3, -0.25) is 4.99 Å². The number of nitrogens with zero attached hydrogens (tertiary/aromatic N) is 1. The lowest BCUT2D eigenvalue weighted by molar-refractivity contribution is 1.09. The van der Waals surface area contributed by atoms with Crippen molar-refractivity contribution in [2.75, 3.05) is 0 Å². The van der Waals surface area contributed by atoms with Crippen molar-refractivity contribution >= 4 is 23.0 Å². The van der Waals surface area contributed by atoms with E-state index < -0.39 is 0 Å². The summed E-state index contributed by atoms with van der Waals surface area (Å²) in [4.78, 5) is 4.41. The van der Waals surface area contributed by atoms with Crippen LogP contribution in [0.5, 0.6) is 0 Å². The van der Waals surface area contributed by atoms with Crippen molar-refractivity contribution < 1.29 is 0 Å². The number of rotatable bonds is 5. The van der Waals surface area contributed by atoms with Crippen LogP contribution in [0.2, 0.25) is 0 Å². The summed E-state index contributed by atoms with van der Waals surface area (Å²) in [5, 5.41) is 0. The van der Waals surface area contributed by atoms with Gasteiger partial charge in [-0.05, 0) is 53.7 Å². The zero-order chi connectivity index (χ0) is 15.5. The second-order valence-corrected chi connectivity index (χ2v) is 5.94. The summed E-state index contributed by atoms with van der Waals surface area (Å²) in [5.41, 5.74) is 8.41. The average molecular weight is 287 g/mol. The van der Waals surface area contributed by atoms with Gasteiger partial charge in [0, 0.05) is 12.6 Å². The van der Waals surface area contributed by atoms with Gasteiger partial charge in [-0.1, -0.05) is 55.1 Å². The molecule has 0 aliphatic carbocycles. The Morgan fingerprint density at radius 3 is 2.45 bits per heavy atom. The zero-order valence-electron chi connectivity index (χ0n) is 13.1. The van der Waals surface area contributed by atoms with Gasteiger partial charge in [0.15, 0.2) is 0 Å². The molecule has 0 fully saturated rings. The minimum atomic E-state index is 0.926. The summed E-state index contributed by atoms with van der Waals surface area (Å²) >= 11 is 0. The first-order valence-electron chi connectivity index (χ1n) is 7.72. The van der Waals surface area contributed by atoms with E-state index >= 15 is 0 Å². The molecule has 0 N–H and O–H groups in total. The van der Waals surface area contributed by atoms with E-state index in [-0.39, 0.29) is 0 Å². The first-order chi connectivity index (χ1) is 10.6. The standard InChI is InChI=1S/C21H21N/c1-15-5-4-6-19(13-15)16(2)7-8-17(3)20-10-9-18-11-12-22-21(18)14-20/h4-6,9-10,12-14H,2-3,7-8,11H2,1H3. The number of aryl methyl sites for hydroxylation is 1. The summed E-state index contributed by atoms with van der Waals surface area (Å²) in [7, 11) is 0. The molecule has 0 saturated heterocycles. The van der Waals surface area contributed by atoms with Crippen LogP contribution in [-0.4, -0.2) is 6.21 Å². The molecule has 1 heterocycles. The van der Waals surface area contributed by atoms with Gasteiger partial charge in [0.1, 0.15) is 0 Å². The summed E-state index contributed by atoms with van der Waals surface area (Å²) < 4.78 is 0. The third-order valence-electron chi connectivity index (χ3n) is 4.19. The molecule has 3 rings (SSSR count). The predicted octanol–water partition coefficient (Wildman–Crippen LogP) is 5.76. The van der Waals surface area contributed by atoms with E-state index in [2.05, 4.69) is 67.5 Å². The fourth-order valence-corrected chi connectivity index (χ4v) is 2.77. The number of allylic oxidation sites excluding steroid dienone is 2. The Bertz CT molecular complexity index is 765. The summed E-state index contributed by atoms with van der Waals surface area (Å²) in [5.74, 6) is 0. The van der Waals surface area contributed by atoms with E-state index in [1.165, 1.54) is 27.8 Å². The fourth-order valence-electron chi connectivity index (χ4n) is 2.77. The first kappa shape index (κ1) is 14.5. The lowest BCUT2D eigenvalue weighted by Gasteiger charge is -2.10. The van der Waals surface area contributed by atoms with Crippen molar-refractivity contribution in [1.82, 2.24) is 0 Å². The predicted molar refractivity (Wildman–Crippen MR) is 96.8 cm³/mol. The second kappa shape index (κ2) is 6.15. The van der Waals surface area contributed by atoms with Crippen molar-refractivity contribution in [3.8, 4) is 0 Å². The van der Waals surface area contributed by atoms with Crippen molar-refractivity contribution in [2.24, 2.45) is 4.99 Å². The van der Waals surface area contributed by atoms with E-state index in [1.807, 2.05) is 6.21 Å². The van der Waals surface area contributed by atoms with Crippen molar-refractivity contribution in [3.05, 3.63) is 77.9 Å². The third kappa shape index (κ3) is 3.09. The quantitative estimate of drug-likeness (QED) is 0.663. The maximum Gasteiger partial charge on any atom is 0.0667 e. The molecule has 0 amide bonds. The van der Waals surface area contributed by atoms with Crippen LogP contribution in [0, 0.1) is 6.92 Å². The molecule has 0 aromatic heterocycles. The molecule has 0 unspecified atom stereocenters. The molecule has 0 atom stereocenters. The van der Waals surface area contributed by atoms with Crippen LogP contribution >= 0.6 is 0 Å². The Hall–Kier alpha value is -2.41. The lowest BCUT2D eigenvalue weighted by Crippen LogP contribution is -1.89. The Labute approximate surface area is 132 Å². The molecular weight excluding hydrogens is 266 g/mol. The molecule has 1 aliphatic heterocycles. The first-order valence-corrected chi connectivity index (χ1v) is 7.72. The highest BCUT2D eigenvalue weighted by Crippen LogP contribution is 2.30. The van der Waals surface area contributed by atoms with Crippen LogP contribution in [-0.2, 0) is 6.42 Å². The Balaban J connectivity index is 1.65. The summed E-state index contributed by atoms with van der Waals surface area (Å²) in [6.07, 6.45) is 4.78. The third-order valence-corrected chi connectivity index (χ3v) is 4.19. The second-order valence-electron chi connectivity index (χ2n) is 5.94. The number of hydrogen-bond donors (Lipinski definition) is 0. The Morgan fingerprint density at radius 2 is 1.73 bits per heavy atom. The van der Waals surface area contributed by atoms with Crippen LogP contribution < -0.4 is 0 Å². The van der Waals surface area contributed by atoms with Gasteiger partial charge in [-0.2, -0.15) is 0 Å². The molecule has 0 bridgehead atoms. The van der Waals surface area contributed by atoms with Gasteiger partial charge in [0.25, 0.3) is 0 Å². The number of fused-ring (bicyclic) bond motifs is 1. The highest BCUT2D eigenvalue weighted by Gasteiger charge is 2.09. The average Bonchev–Trinajstić information content (AvgIpc) is 2.99. The van der Waals surface area contributed by atoms with Gasteiger partial charge >= 0.3 is 0 Å².